The number of rotatable bonds is 8. The van der Waals surface area contributed by atoms with Gasteiger partial charge in [-0.2, -0.15) is 0 Å². The van der Waals surface area contributed by atoms with E-state index in [9.17, 15) is 26.4 Å². The number of halogens is 4. The van der Waals surface area contributed by atoms with Crippen LogP contribution < -0.4 is 4.72 Å². The number of pyridine rings is 1. The van der Waals surface area contributed by atoms with Crippen molar-refractivity contribution in [3.05, 3.63) is 101 Å². The van der Waals surface area contributed by atoms with Crippen LogP contribution in [-0.4, -0.2) is 34.1 Å². The van der Waals surface area contributed by atoms with Crippen LogP contribution in [0.4, 0.5) is 23.2 Å². The van der Waals surface area contributed by atoms with Crippen LogP contribution in [0.2, 0.25) is 0 Å². The van der Waals surface area contributed by atoms with Crippen molar-refractivity contribution >= 4 is 32.5 Å². The zero-order chi connectivity index (χ0) is 28.9. The van der Waals surface area contributed by atoms with E-state index in [-0.39, 0.29) is 16.6 Å². The van der Waals surface area contributed by atoms with Crippen LogP contribution in [0.5, 0.6) is 0 Å². The van der Waals surface area contributed by atoms with Gasteiger partial charge in [-0.3, -0.25) is 9.52 Å². The Morgan fingerprint density at radius 1 is 0.927 bits per heavy atom. The summed E-state index contributed by atoms with van der Waals surface area (Å²) < 4.78 is 85.0. The van der Waals surface area contributed by atoms with Crippen molar-refractivity contribution in [1.82, 2.24) is 19.9 Å². The lowest BCUT2D eigenvalue weighted by Crippen LogP contribution is -2.17. The molecule has 0 saturated heterocycles. The summed E-state index contributed by atoms with van der Waals surface area (Å²) in [5.41, 5.74) is -0.567. The number of ketones is 1. The molecule has 41 heavy (non-hydrogen) atoms. The molecule has 0 spiro atoms. The Morgan fingerprint density at radius 3 is 2.37 bits per heavy atom. The highest BCUT2D eigenvalue weighted by molar-refractivity contribution is 7.92. The van der Waals surface area contributed by atoms with E-state index in [4.69, 9.17) is 0 Å². The van der Waals surface area contributed by atoms with E-state index < -0.39 is 55.2 Å². The Bertz CT molecular complexity index is 1940. The highest BCUT2D eigenvalue weighted by Crippen LogP contribution is 2.33. The topological polar surface area (TPSA) is 118 Å². The van der Waals surface area contributed by atoms with Crippen LogP contribution in [0.15, 0.2) is 66.1 Å². The monoisotopic (exact) mass is 581 g/mol. The first kappa shape index (κ1) is 26.6. The van der Waals surface area contributed by atoms with Crippen LogP contribution in [0.25, 0.3) is 22.2 Å². The number of hydrogen-bond donors (Lipinski definition) is 2. The zero-order valence-electron chi connectivity index (χ0n) is 21.0. The van der Waals surface area contributed by atoms with E-state index in [1.165, 1.54) is 12.4 Å². The maximum absolute atomic E-state index is 15.5. The third-order valence-electron chi connectivity index (χ3n) is 6.73. The SMILES string of the molecule is O=C(c1c(F)ccc(NS(=O)(=O)c2cc(F)ccc2F)c1F)c1c[nH]c2ncc(-c3cnc(CC4CC4)nc3)cc12. The normalized spacial score (nSPS) is 13.5. The second kappa shape index (κ2) is 10.1. The van der Waals surface area contributed by atoms with Gasteiger partial charge in [0.1, 0.15) is 33.8 Å². The third-order valence-corrected chi connectivity index (χ3v) is 8.11. The lowest BCUT2D eigenvalue weighted by atomic mass is 10.0. The van der Waals surface area contributed by atoms with Gasteiger partial charge >= 0.3 is 0 Å². The Labute approximate surface area is 230 Å². The van der Waals surface area contributed by atoms with Crippen LogP contribution in [0.1, 0.15) is 34.6 Å². The highest BCUT2D eigenvalue weighted by atomic mass is 32.2. The molecule has 1 saturated carbocycles. The molecule has 6 rings (SSSR count). The number of hydrogen-bond acceptors (Lipinski definition) is 6. The van der Waals surface area contributed by atoms with Gasteiger partial charge in [-0.15, -0.1) is 0 Å². The fraction of sp³-hybridized carbons (Fsp3) is 0.143. The number of carbonyl (C=O) groups is 1. The smallest absolute Gasteiger partial charge is 0.265 e. The van der Waals surface area contributed by atoms with E-state index in [1.807, 2.05) is 0 Å². The van der Waals surface area contributed by atoms with Crippen LogP contribution >= 0.6 is 0 Å². The molecule has 0 aliphatic heterocycles. The summed E-state index contributed by atoms with van der Waals surface area (Å²) in [4.78, 5) is 28.2. The maximum Gasteiger partial charge on any atom is 0.265 e. The summed E-state index contributed by atoms with van der Waals surface area (Å²) >= 11 is 0. The van der Waals surface area contributed by atoms with E-state index in [0.717, 1.165) is 31.2 Å². The lowest BCUT2D eigenvalue weighted by molar-refractivity contribution is 0.103. The lowest BCUT2D eigenvalue weighted by Gasteiger charge is -2.12. The van der Waals surface area contributed by atoms with E-state index in [1.54, 1.807) is 23.2 Å². The molecule has 5 aromatic rings. The Balaban J connectivity index is 1.34. The largest absolute Gasteiger partial charge is 0.345 e. The minimum Gasteiger partial charge on any atom is -0.345 e. The van der Waals surface area contributed by atoms with E-state index >= 15 is 4.39 Å². The fourth-order valence-electron chi connectivity index (χ4n) is 4.40. The van der Waals surface area contributed by atoms with Gasteiger partial charge in [0.15, 0.2) is 5.82 Å². The number of sulfonamides is 1. The Morgan fingerprint density at radius 2 is 1.63 bits per heavy atom. The van der Waals surface area contributed by atoms with Crippen LogP contribution in [-0.2, 0) is 16.4 Å². The molecule has 0 bridgehead atoms. The minimum atomic E-state index is -4.84. The maximum atomic E-state index is 15.5. The van der Waals surface area contributed by atoms with Crippen LogP contribution in [0, 0.1) is 29.2 Å². The third kappa shape index (κ3) is 5.15. The molecule has 208 valence electrons. The number of aromatic amines is 1. The molecule has 0 radical (unpaired) electrons. The molecular formula is C28H19F4N5O3S. The van der Waals surface area contributed by atoms with Crippen molar-refractivity contribution in [3.8, 4) is 11.1 Å². The van der Waals surface area contributed by atoms with Gasteiger partial charge in [0.2, 0.25) is 5.78 Å². The van der Waals surface area contributed by atoms with Gasteiger partial charge in [0.25, 0.3) is 10.0 Å². The number of benzene rings is 2. The molecule has 3 heterocycles. The number of nitrogens with one attached hydrogen (secondary N) is 2. The summed E-state index contributed by atoms with van der Waals surface area (Å²) in [6.07, 6.45) is 9.17. The van der Waals surface area contributed by atoms with Gasteiger partial charge in [-0.25, -0.2) is 40.9 Å². The zero-order valence-corrected chi connectivity index (χ0v) is 21.8. The molecular weight excluding hydrogens is 562 g/mol. The Hall–Kier alpha value is -4.65. The van der Waals surface area contributed by atoms with Crippen molar-refractivity contribution in [1.29, 1.82) is 0 Å². The molecule has 2 aromatic carbocycles. The van der Waals surface area contributed by atoms with Crippen molar-refractivity contribution < 1.29 is 30.8 Å². The molecule has 0 amide bonds. The number of fused-ring (bicyclic) bond motifs is 1. The van der Waals surface area contributed by atoms with Gasteiger partial charge in [-0.05, 0) is 55.2 Å². The van der Waals surface area contributed by atoms with Crippen molar-refractivity contribution in [2.24, 2.45) is 5.92 Å². The van der Waals surface area contributed by atoms with Gasteiger partial charge in [-0.1, -0.05) is 0 Å². The molecule has 8 nitrogen and oxygen atoms in total. The molecule has 3 aromatic heterocycles. The molecule has 13 heteroatoms. The van der Waals surface area contributed by atoms with Gasteiger partial charge in [0, 0.05) is 53.3 Å². The van der Waals surface area contributed by atoms with Crippen LogP contribution in [0.3, 0.4) is 0 Å². The fourth-order valence-corrected chi connectivity index (χ4v) is 5.55. The standard InChI is InChI=1S/C28H19F4N5O3S/c29-17-3-4-20(30)23(9-17)41(39,40)37-22-6-5-21(31)25(26(22)32)27(38)19-13-36-28-18(19)8-15(10-35-28)16-11-33-24(34-12-16)7-14-1-2-14/h3-6,8-14,37H,1-2,7H2,(H,35,36). The molecule has 1 aliphatic carbocycles. The minimum absolute atomic E-state index is 0.130. The highest BCUT2D eigenvalue weighted by Gasteiger charge is 2.28. The number of H-pyrrole nitrogens is 1. The quantitative estimate of drug-likeness (QED) is 0.183. The molecule has 0 atom stereocenters. The number of anilines is 1. The van der Waals surface area contributed by atoms with E-state index in [2.05, 4.69) is 19.9 Å². The van der Waals surface area contributed by atoms with Gasteiger partial charge < -0.3 is 4.98 Å². The summed E-state index contributed by atoms with van der Waals surface area (Å²) in [7, 11) is -4.84. The van der Waals surface area contributed by atoms with Crippen molar-refractivity contribution in [2.75, 3.05) is 4.72 Å². The summed E-state index contributed by atoms with van der Waals surface area (Å²) in [6.45, 7) is 0. The summed E-state index contributed by atoms with van der Waals surface area (Å²) in [5.74, 6) is -4.88. The molecule has 1 fully saturated rings. The van der Waals surface area contributed by atoms with Crippen molar-refractivity contribution in [2.45, 2.75) is 24.2 Å². The molecule has 0 unspecified atom stereocenters. The predicted molar refractivity (Wildman–Crippen MR) is 141 cm³/mol. The van der Waals surface area contributed by atoms with Gasteiger partial charge in [0.05, 0.1) is 11.3 Å². The number of carbonyl (C=O) groups excluding carboxylic acids is 1. The summed E-state index contributed by atoms with van der Waals surface area (Å²) in [5, 5.41) is 0.251. The average Bonchev–Trinajstić information content (AvgIpc) is 3.66. The Kier molecular flexibility index (Phi) is 6.53. The first-order valence-corrected chi connectivity index (χ1v) is 13.9. The second-order valence-electron chi connectivity index (χ2n) is 9.65. The van der Waals surface area contributed by atoms with E-state index in [0.29, 0.717) is 41.3 Å². The molecule has 1 aliphatic rings. The average molecular weight is 582 g/mol. The molecule has 2 N–H and O–H groups in total. The first-order valence-electron chi connectivity index (χ1n) is 12.4. The first-order chi connectivity index (χ1) is 19.6. The summed E-state index contributed by atoms with van der Waals surface area (Å²) in [6, 6.07) is 4.73. The predicted octanol–water partition coefficient (Wildman–Crippen LogP) is 5.56. The number of aromatic nitrogens is 4. The number of nitrogens with zero attached hydrogens (tertiary/aromatic N) is 3. The second-order valence-corrected chi connectivity index (χ2v) is 11.3. The van der Waals surface area contributed by atoms with Crippen molar-refractivity contribution in [3.63, 3.8) is 0 Å².